The van der Waals surface area contributed by atoms with Crippen LogP contribution >= 0.6 is 22.7 Å². The molecule has 0 radical (unpaired) electrons. The molecule has 0 amide bonds. The van der Waals surface area contributed by atoms with Gasteiger partial charge in [-0.3, -0.25) is 0 Å². The molecule has 0 fully saturated rings. The molecular weight excluding hydrogens is 298 g/mol. The van der Waals surface area contributed by atoms with Gasteiger partial charge in [0, 0.05) is 22.8 Å². The lowest BCUT2D eigenvalue weighted by molar-refractivity contribution is 0.630. The highest BCUT2D eigenvalue weighted by atomic mass is 32.1. The van der Waals surface area contributed by atoms with E-state index in [1.54, 1.807) is 4.88 Å². The van der Waals surface area contributed by atoms with Gasteiger partial charge in [-0.2, -0.15) is 0 Å². The van der Waals surface area contributed by atoms with Crippen molar-refractivity contribution in [1.29, 1.82) is 0 Å². The van der Waals surface area contributed by atoms with Gasteiger partial charge in [-0.1, -0.05) is 6.92 Å². The number of rotatable bonds is 5. The van der Waals surface area contributed by atoms with Crippen LogP contribution in [0.3, 0.4) is 0 Å². The van der Waals surface area contributed by atoms with Gasteiger partial charge in [-0.05, 0) is 50.2 Å². The first-order chi connectivity index (χ1) is 10.2. The topological polar surface area (TPSA) is 28.2 Å². The summed E-state index contributed by atoms with van der Waals surface area (Å²) in [5.41, 5.74) is 2.67. The van der Waals surface area contributed by atoms with Gasteiger partial charge in [0.05, 0.1) is 11.7 Å². The Balaban J connectivity index is 1.77. The lowest BCUT2D eigenvalue weighted by Crippen LogP contribution is -2.32. The van der Waals surface area contributed by atoms with Crippen molar-refractivity contribution in [2.75, 3.05) is 18.0 Å². The molecule has 0 saturated carbocycles. The highest BCUT2D eigenvalue weighted by molar-refractivity contribution is 7.15. The standard InChI is InChI=1S/C16H23N3S2/c1-4-7-17-10-15-11(2)18-16(21-15)19-8-5-14-13(12(19)3)6-9-20-14/h6,9,12,17H,4-5,7-8,10H2,1-3H3. The normalized spacial score (nSPS) is 18.0. The summed E-state index contributed by atoms with van der Waals surface area (Å²) in [6, 6.07) is 2.73. The smallest absolute Gasteiger partial charge is 0.186 e. The maximum Gasteiger partial charge on any atom is 0.186 e. The SMILES string of the molecule is CCCNCc1sc(N2CCc3sccc3C2C)nc1C. The van der Waals surface area contributed by atoms with Gasteiger partial charge >= 0.3 is 0 Å². The van der Waals surface area contributed by atoms with Crippen LogP contribution in [-0.2, 0) is 13.0 Å². The van der Waals surface area contributed by atoms with E-state index in [2.05, 4.69) is 42.4 Å². The Kier molecular flexibility index (Phi) is 4.62. The molecule has 1 atom stereocenters. The second-order valence-electron chi connectivity index (χ2n) is 5.60. The molecule has 1 N–H and O–H groups in total. The zero-order chi connectivity index (χ0) is 14.8. The summed E-state index contributed by atoms with van der Waals surface area (Å²) in [5, 5.41) is 6.89. The lowest BCUT2D eigenvalue weighted by atomic mass is 10.0. The number of anilines is 1. The van der Waals surface area contributed by atoms with E-state index in [-0.39, 0.29) is 0 Å². The van der Waals surface area contributed by atoms with Crippen molar-refractivity contribution in [2.45, 2.75) is 46.2 Å². The number of fused-ring (bicyclic) bond motifs is 1. The zero-order valence-electron chi connectivity index (χ0n) is 13.0. The highest BCUT2D eigenvalue weighted by Crippen LogP contribution is 2.38. The molecule has 1 unspecified atom stereocenters. The zero-order valence-corrected chi connectivity index (χ0v) is 14.6. The first kappa shape index (κ1) is 15.0. The van der Waals surface area contributed by atoms with Crippen LogP contribution in [0.25, 0.3) is 0 Å². The molecule has 1 aliphatic heterocycles. The Bertz CT molecular complexity index is 602. The highest BCUT2D eigenvalue weighted by Gasteiger charge is 2.27. The van der Waals surface area contributed by atoms with Gasteiger partial charge in [0.2, 0.25) is 0 Å². The van der Waals surface area contributed by atoms with Crippen molar-refractivity contribution in [3.05, 3.63) is 32.5 Å². The summed E-state index contributed by atoms with van der Waals surface area (Å²) in [4.78, 5) is 10.2. The van der Waals surface area contributed by atoms with Crippen molar-refractivity contribution in [1.82, 2.24) is 10.3 Å². The average molecular weight is 322 g/mol. The Morgan fingerprint density at radius 2 is 2.33 bits per heavy atom. The van der Waals surface area contributed by atoms with Crippen LogP contribution in [-0.4, -0.2) is 18.1 Å². The number of aryl methyl sites for hydroxylation is 1. The van der Waals surface area contributed by atoms with E-state index in [1.807, 2.05) is 22.7 Å². The fourth-order valence-electron chi connectivity index (χ4n) is 2.85. The molecule has 1 aliphatic rings. The molecule has 21 heavy (non-hydrogen) atoms. The quantitative estimate of drug-likeness (QED) is 0.839. The van der Waals surface area contributed by atoms with Crippen LogP contribution in [0.2, 0.25) is 0 Å². The Labute approximate surface area is 135 Å². The average Bonchev–Trinajstić information content (AvgIpc) is 3.07. The third-order valence-corrected chi connectivity index (χ3v) is 6.31. The van der Waals surface area contributed by atoms with Gasteiger partial charge in [0.25, 0.3) is 0 Å². The third kappa shape index (κ3) is 3.00. The molecule has 0 bridgehead atoms. The molecule has 3 nitrogen and oxygen atoms in total. The molecule has 2 aromatic rings. The van der Waals surface area contributed by atoms with Gasteiger partial charge < -0.3 is 10.2 Å². The van der Waals surface area contributed by atoms with Crippen LogP contribution in [0, 0.1) is 6.92 Å². The number of aromatic nitrogens is 1. The first-order valence-corrected chi connectivity index (χ1v) is 9.40. The number of nitrogens with zero attached hydrogens (tertiary/aromatic N) is 2. The largest absolute Gasteiger partial charge is 0.341 e. The molecule has 2 aromatic heterocycles. The van der Waals surface area contributed by atoms with Gasteiger partial charge in [0.15, 0.2) is 5.13 Å². The van der Waals surface area contributed by atoms with E-state index in [0.717, 1.165) is 26.1 Å². The summed E-state index contributed by atoms with van der Waals surface area (Å²) < 4.78 is 0. The number of thiazole rings is 1. The molecule has 0 saturated heterocycles. The minimum Gasteiger partial charge on any atom is -0.341 e. The van der Waals surface area contributed by atoms with E-state index in [4.69, 9.17) is 4.98 Å². The van der Waals surface area contributed by atoms with Gasteiger partial charge in [0.1, 0.15) is 0 Å². The summed E-state index contributed by atoms with van der Waals surface area (Å²) >= 11 is 3.75. The Morgan fingerprint density at radius 1 is 1.48 bits per heavy atom. The second-order valence-corrected chi connectivity index (χ2v) is 7.66. The maximum atomic E-state index is 4.83. The molecule has 3 rings (SSSR count). The molecule has 114 valence electrons. The molecular formula is C16H23N3S2. The monoisotopic (exact) mass is 321 g/mol. The molecule has 5 heteroatoms. The van der Waals surface area contributed by atoms with E-state index in [0.29, 0.717) is 6.04 Å². The van der Waals surface area contributed by atoms with E-state index < -0.39 is 0 Å². The molecule has 0 spiro atoms. The van der Waals surface area contributed by atoms with Crippen molar-refractivity contribution >= 4 is 27.8 Å². The summed E-state index contributed by atoms with van der Waals surface area (Å²) in [5.74, 6) is 0. The van der Waals surface area contributed by atoms with Crippen LogP contribution < -0.4 is 10.2 Å². The maximum absolute atomic E-state index is 4.83. The number of hydrogen-bond donors (Lipinski definition) is 1. The van der Waals surface area contributed by atoms with Crippen LogP contribution in [0.15, 0.2) is 11.4 Å². The van der Waals surface area contributed by atoms with Crippen molar-refractivity contribution in [2.24, 2.45) is 0 Å². The minimum atomic E-state index is 0.446. The summed E-state index contributed by atoms with van der Waals surface area (Å²) in [6.45, 7) is 9.74. The predicted octanol–water partition coefficient (Wildman–Crippen LogP) is 4.14. The predicted molar refractivity (Wildman–Crippen MR) is 92.6 cm³/mol. The fourth-order valence-corrected chi connectivity index (χ4v) is 4.95. The minimum absolute atomic E-state index is 0.446. The molecule has 0 aliphatic carbocycles. The van der Waals surface area contributed by atoms with Crippen molar-refractivity contribution in [3.8, 4) is 0 Å². The summed E-state index contributed by atoms with van der Waals surface area (Å²) in [7, 11) is 0. The van der Waals surface area contributed by atoms with E-state index in [1.165, 1.54) is 27.7 Å². The number of thiophene rings is 1. The first-order valence-electron chi connectivity index (χ1n) is 7.70. The van der Waals surface area contributed by atoms with Crippen LogP contribution in [0.5, 0.6) is 0 Å². The summed E-state index contributed by atoms with van der Waals surface area (Å²) in [6.07, 6.45) is 2.33. The van der Waals surface area contributed by atoms with E-state index >= 15 is 0 Å². The third-order valence-electron chi connectivity index (χ3n) is 4.12. The van der Waals surface area contributed by atoms with E-state index in [9.17, 15) is 0 Å². The Hall–Kier alpha value is -0.910. The van der Waals surface area contributed by atoms with Crippen LogP contribution in [0.4, 0.5) is 5.13 Å². The molecule has 3 heterocycles. The Morgan fingerprint density at radius 3 is 3.14 bits per heavy atom. The fraction of sp³-hybridized carbons (Fsp3) is 0.562. The number of nitrogens with one attached hydrogen (secondary N) is 1. The van der Waals surface area contributed by atoms with Crippen LogP contribution in [0.1, 0.15) is 47.3 Å². The lowest BCUT2D eigenvalue weighted by Gasteiger charge is -2.33. The molecule has 0 aromatic carbocycles. The second kappa shape index (κ2) is 6.46. The van der Waals surface area contributed by atoms with Gasteiger partial charge in [-0.25, -0.2) is 4.98 Å². The van der Waals surface area contributed by atoms with Gasteiger partial charge in [-0.15, -0.1) is 22.7 Å². The van der Waals surface area contributed by atoms with Crippen molar-refractivity contribution in [3.63, 3.8) is 0 Å². The van der Waals surface area contributed by atoms with Crippen molar-refractivity contribution < 1.29 is 0 Å². The number of hydrogen-bond acceptors (Lipinski definition) is 5.